The van der Waals surface area contributed by atoms with Crippen LogP contribution in [0.3, 0.4) is 0 Å². The molecule has 0 radical (unpaired) electrons. The van der Waals surface area contributed by atoms with E-state index >= 15 is 0 Å². The summed E-state index contributed by atoms with van der Waals surface area (Å²) in [6, 6.07) is 10.4. The summed E-state index contributed by atoms with van der Waals surface area (Å²) in [5.74, 6) is -7.71. The highest BCUT2D eigenvalue weighted by atomic mass is 19.4. The lowest BCUT2D eigenvalue weighted by molar-refractivity contribution is -0.276. The number of halogens is 8. The smallest absolute Gasteiger partial charge is 0.429 e. The Morgan fingerprint density at radius 3 is 1.77 bits per heavy atom. The van der Waals surface area contributed by atoms with Crippen molar-refractivity contribution in [2.45, 2.75) is 44.1 Å². The highest BCUT2D eigenvalue weighted by molar-refractivity contribution is 5.64. The first kappa shape index (κ1) is 24.8. The highest BCUT2D eigenvalue weighted by Crippen LogP contribution is 2.39. The summed E-state index contributed by atoms with van der Waals surface area (Å²) in [6.07, 6.45) is -5.26. The van der Waals surface area contributed by atoms with Crippen LogP contribution in [-0.2, 0) is 6.11 Å². The van der Waals surface area contributed by atoms with Crippen molar-refractivity contribution in [3.05, 3.63) is 83.2 Å². The van der Waals surface area contributed by atoms with E-state index in [0.717, 1.165) is 30.5 Å². The van der Waals surface area contributed by atoms with Crippen LogP contribution >= 0.6 is 0 Å². The molecule has 0 heterocycles. The normalized spacial score (nSPS) is 14.9. The van der Waals surface area contributed by atoms with Gasteiger partial charge in [0.1, 0.15) is 11.6 Å². The van der Waals surface area contributed by atoms with E-state index < -0.39 is 47.0 Å². The maximum Gasteiger partial charge on any atom is 0.573 e. The molecule has 0 aromatic heterocycles. The van der Waals surface area contributed by atoms with Crippen LogP contribution in [-0.4, -0.2) is 6.36 Å². The minimum atomic E-state index is -5.41. The van der Waals surface area contributed by atoms with Crippen molar-refractivity contribution in [2.24, 2.45) is 0 Å². The first-order valence-corrected chi connectivity index (χ1v) is 10.6. The van der Waals surface area contributed by atoms with E-state index in [1.165, 1.54) is 18.9 Å². The van der Waals surface area contributed by atoms with Gasteiger partial charge in [0.05, 0.1) is 5.56 Å². The fourth-order valence-electron chi connectivity index (χ4n) is 4.15. The molecule has 0 amide bonds. The third-order valence-corrected chi connectivity index (χ3v) is 5.79. The maximum atomic E-state index is 14.6. The number of benzene rings is 3. The van der Waals surface area contributed by atoms with Gasteiger partial charge in [0, 0.05) is 12.1 Å². The molecule has 1 aliphatic carbocycles. The summed E-state index contributed by atoms with van der Waals surface area (Å²) < 4.78 is 116. The molecule has 2 nitrogen and oxygen atoms in total. The molecule has 3 aromatic carbocycles. The Bertz CT molecular complexity index is 1180. The summed E-state index contributed by atoms with van der Waals surface area (Å²) >= 11 is 0. The number of hydrogen-bond acceptors (Lipinski definition) is 2. The zero-order valence-corrected chi connectivity index (χ0v) is 17.9. The van der Waals surface area contributed by atoms with Crippen LogP contribution in [0.25, 0.3) is 11.1 Å². The second-order valence-corrected chi connectivity index (χ2v) is 8.18. The van der Waals surface area contributed by atoms with Gasteiger partial charge in [0.2, 0.25) is 5.75 Å². The van der Waals surface area contributed by atoms with Gasteiger partial charge < -0.3 is 9.47 Å². The van der Waals surface area contributed by atoms with Crippen LogP contribution in [0, 0.1) is 17.5 Å². The molecule has 10 heteroatoms. The average Bonchev–Trinajstić information content (AvgIpc) is 3.30. The lowest BCUT2D eigenvalue weighted by Crippen LogP contribution is -2.24. The summed E-state index contributed by atoms with van der Waals surface area (Å²) in [5.41, 5.74) is 0.867. The third-order valence-electron chi connectivity index (χ3n) is 5.79. The number of ether oxygens (including phenoxy) is 2. The van der Waals surface area contributed by atoms with E-state index in [0.29, 0.717) is 17.0 Å². The molecule has 0 aliphatic heterocycles. The van der Waals surface area contributed by atoms with Crippen molar-refractivity contribution in [3.63, 3.8) is 0 Å². The lowest BCUT2D eigenvalue weighted by atomic mass is 9.95. The molecule has 0 saturated heterocycles. The Hall–Kier alpha value is -3.30. The molecule has 0 atom stereocenters. The predicted octanol–water partition coefficient (Wildman–Crippen LogP) is 8.46. The Morgan fingerprint density at radius 1 is 0.657 bits per heavy atom. The minimum absolute atomic E-state index is 0.0796. The Balaban J connectivity index is 1.53. The number of rotatable bonds is 6. The third kappa shape index (κ3) is 5.68. The summed E-state index contributed by atoms with van der Waals surface area (Å²) in [4.78, 5) is 0. The van der Waals surface area contributed by atoms with E-state index in [1.807, 2.05) is 12.1 Å². The van der Waals surface area contributed by atoms with E-state index in [-0.39, 0.29) is 12.1 Å². The Morgan fingerprint density at radius 2 is 1.23 bits per heavy atom. The molecule has 3 aromatic rings. The van der Waals surface area contributed by atoms with Gasteiger partial charge >= 0.3 is 12.5 Å². The Labute approximate surface area is 195 Å². The van der Waals surface area contributed by atoms with Crippen LogP contribution in [0.5, 0.6) is 11.5 Å². The van der Waals surface area contributed by atoms with Crippen LogP contribution in [0.15, 0.2) is 54.6 Å². The molecule has 4 rings (SSSR count). The van der Waals surface area contributed by atoms with Crippen molar-refractivity contribution < 1.29 is 44.6 Å². The van der Waals surface area contributed by atoms with Gasteiger partial charge in [-0.1, -0.05) is 43.2 Å². The molecule has 186 valence electrons. The molecular formula is C25H18F8O2. The van der Waals surface area contributed by atoms with Gasteiger partial charge in [-0.15, -0.1) is 13.2 Å². The topological polar surface area (TPSA) is 18.5 Å². The standard InChI is InChI=1S/C25H18F8O2/c26-20-11-17(16-7-5-15(6-8-16)14-3-1-2-4-14)9-10-19(20)24(29,30)34-18-12-21(27)23(22(28)13-18)35-25(31,32)33/h5-14H,1-4H2. The summed E-state index contributed by atoms with van der Waals surface area (Å²) in [5, 5.41) is 0. The van der Waals surface area contributed by atoms with Crippen LogP contribution in [0.1, 0.15) is 42.7 Å². The van der Waals surface area contributed by atoms with Crippen molar-refractivity contribution in [1.29, 1.82) is 0 Å². The van der Waals surface area contributed by atoms with Gasteiger partial charge in [-0.2, -0.15) is 8.78 Å². The largest absolute Gasteiger partial charge is 0.573 e. The van der Waals surface area contributed by atoms with Crippen molar-refractivity contribution in [1.82, 2.24) is 0 Å². The molecule has 0 N–H and O–H groups in total. The van der Waals surface area contributed by atoms with Gasteiger partial charge in [0.25, 0.3) is 0 Å². The van der Waals surface area contributed by atoms with E-state index in [1.54, 1.807) is 12.1 Å². The van der Waals surface area contributed by atoms with Crippen LogP contribution in [0.2, 0.25) is 0 Å². The molecule has 0 spiro atoms. The first-order chi connectivity index (χ1) is 16.4. The molecule has 0 unspecified atom stereocenters. The van der Waals surface area contributed by atoms with Gasteiger partial charge in [0.15, 0.2) is 11.6 Å². The monoisotopic (exact) mass is 502 g/mol. The highest BCUT2D eigenvalue weighted by Gasteiger charge is 2.39. The zero-order valence-electron chi connectivity index (χ0n) is 17.9. The second-order valence-electron chi connectivity index (χ2n) is 8.18. The van der Waals surface area contributed by atoms with Crippen LogP contribution in [0.4, 0.5) is 35.1 Å². The molecule has 0 bridgehead atoms. The van der Waals surface area contributed by atoms with Crippen molar-refractivity contribution in [2.75, 3.05) is 0 Å². The fourth-order valence-corrected chi connectivity index (χ4v) is 4.15. The van der Waals surface area contributed by atoms with E-state index in [4.69, 9.17) is 0 Å². The molecule has 1 fully saturated rings. The Kier molecular flexibility index (Phi) is 6.66. The molecular weight excluding hydrogens is 484 g/mol. The van der Waals surface area contributed by atoms with Crippen molar-refractivity contribution >= 4 is 0 Å². The second kappa shape index (κ2) is 9.39. The summed E-state index contributed by atoms with van der Waals surface area (Å²) in [6.45, 7) is 0. The molecule has 35 heavy (non-hydrogen) atoms. The molecule has 1 aliphatic rings. The first-order valence-electron chi connectivity index (χ1n) is 10.6. The summed E-state index contributed by atoms with van der Waals surface area (Å²) in [7, 11) is 0. The quantitative estimate of drug-likeness (QED) is 0.315. The lowest BCUT2D eigenvalue weighted by Gasteiger charge is -2.20. The van der Waals surface area contributed by atoms with Gasteiger partial charge in [-0.3, -0.25) is 0 Å². The minimum Gasteiger partial charge on any atom is -0.429 e. The maximum absolute atomic E-state index is 14.6. The van der Waals surface area contributed by atoms with Crippen LogP contribution < -0.4 is 9.47 Å². The van der Waals surface area contributed by atoms with Crippen molar-refractivity contribution in [3.8, 4) is 22.6 Å². The van der Waals surface area contributed by atoms with Gasteiger partial charge in [-0.05, 0) is 47.6 Å². The van der Waals surface area contributed by atoms with Gasteiger partial charge in [-0.25, -0.2) is 13.2 Å². The fraction of sp³-hybridized carbons (Fsp3) is 0.280. The predicted molar refractivity (Wildman–Crippen MR) is 111 cm³/mol. The van der Waals surface area contributed by atoms with E-state index in [2.05, 4.69) is 9.47 Å². The van der Waals surface area contributed by atoms with E-state index in [9.17, 15) is 35.1 Å². The average molecular weight is 502 g/mol. The molecule has 1 saturated carbocycles. The zero-order chi connectivity index (χ0) is 25.4. The number of hydrogen-bond donors (Lipinski definition) is 0. The SMILES string of the molecule is Fc1cc(-c2ccc(C3CCCC3)cc2)ccc1C(F)(F)Oc1cc(F)c(OC(F)(F)F)c(F)c1. The number of alkyl halides is 5.